The van der Waals surface area contributed by atoms with Crippen LogP contribution in [0.3, 0.4) is 0 Å². The molecule has 1 heterocycles. The first kappa shape index (κ1) is 18.6. The van der Waals surface area contributed by atoms with E-state index in [0.717, 1.165) is 23.0 Å². The van der Waals surface area contributed by atoms with Gasteiger partial charge < -0.3 is 0 Å². The maximum absolute atomic E-state index is 6.41. The normalized spacial score (nSPS) is 18.8. The van der Waals surface area contributed by atoms with Gasteiger partial charge in [-0.1, -0.05) is 78.5 Å². The third-order valence-electron chi connectivity index (χ3n) is 4.66. The SMILES string of the molecule is C=CCn1c(SC(c2ccccc2)C2CC2(Cl)Cl)nnc1-c1ccccc1. The Labute approximate surface area is 173 Å². The van der Waals surface area contributed by atoms with Crippen molar-refractivity contribution in [3.8, 4) is 11.4 Å². The Kier molecular flexibility index (Phi) is 5.31. The minimum atomic E-state index is -0.668. The van der Waals surface area contributed by atoms with E-state index in [-0.39, 0.29) is 11.2 Å². The summed E-state index contributed by atoms with van der Waals surface area (Å²) < 4.78 is 1.43. The molecule has 2 unspecified atom stereocenters. The maximum Gasteiger partial charge on any atom is 0.192 e. The van der Waals surface area contributed by atoms with E-state index in [1.807, 2.05) is 54.6 Å². The molecule has 27 heavy (non-hydrogen) atoms. The van der Waals surface area contributed by atoms with Crippen LogP contribution in [0.15, 0.2) is 78.5 Å². The van der Waals surface area contributed by atoms with Crippen LogP contribution in [0.4, 0.5) is 0 Å². The summed E-state index contributed by atoms with van der Waals surface area (Å²) in [6, 6.07) is 20.4. The molecule has 0 aliphatic heterocycles. The van der Waals surface area contributed by atoms with Crippen molar-refractivity contribution in [2.75, 3.05) is 0 Å². The molecule has 1 aliphatic carbocycles. The summed E-state index contributed by atoms with van der Waals surface area (Å²) in [6.07, 6.45) is 2.64. The fourth-order valence-corrected chi connectivity index (χ4v) is 5.30. The van der Waals surface area contributed by atoms with Crippen molar-refractivity contribution in [3.63, 3.8) is 0 Å². The molecule has 1 fully saturated rings. The number of hydrogen-bond acceptors (Lipinski definition) is 3. The zero-order valence-electron chi connectivity index (χ0n) is 14.6. The average Bonchev–Trinajstić information content (AvgIpc) is 3.14. The van der Waals surface area contributed by atoms with Crippen LogP contribution in [0.1, 0.15) is 17.2 Å². The minimum Gasteiger partial charge on any atom is -0.298 e. The fourth-order valence-electron chi connectivity index (χ4n) is 3.17. The lowest BCUT2D eigenvalue weighted by atomic mass is 10.1. The molecule has 138 valence electrons. The van der Waals surface area contributed by atoms with E-state index in [1.165, 1.54) is 5.56 Å². The van der Waals surface area contributed by atoms with Crippen LogP contribution in [0.2, 0.25) is 0 Å². The van der Waals surface area contributed by atoms with Crippen LogP contribution in [-0.4, -0.2) is 19.1 Å². The molecule has 0 bridgehead atoms. The molecular weight excluding hydrogens is 397 g/mol. The highest BCUT2D eigenvalue weighted by molar-refractivity contribution is 7.99. The maximum atomic E-state index is 6.41. The average molecular weight is 416 g/mol. The van der Waals surface area contributed by atoms with Gasteiger partial charge in [-0.05, 0) is 12.0 Å². The van der Waals surface area contributed by atoms with Crippen LogP contribution < -0.4 is 0 Å². The Morgan fingerprint density at radius 3 is 2.33 bits per heavy atom. The highest BCUT2D eigenvalue weighted by Gasteiger charge is 2.56. The van der Waals surface area contributed by atoms with Crippen molar-refractivity contribution in [1.82, 2.24) is 14.8 Å². The molecule has 3 nitrogen and oxygen atoms in total. The number of rotatable bonds is 7. The van der Waals surface area contributed by atoms with Gasteiger partial charge in [0.15, 0.2) is 11.0 Å². The Morgan fingerprint density at radius 2 is 1.74 bits per heavy atom. The number of thioether (sulfide) groups is 1. The highest BCUT2D eigenvalue weighted by Crippen LogP contribution is 2.63. The van der Waals surface area contributed by atoms with E-state index >= 15 is 0 Å². The van der Waals surface area contributed by atoms with Crippen LogP contribution in [0.25, 0.3) is 11.4 Å². The summed E-state index contributed by atoms with van der Waals surface area (Å²) in [7, 11) is 0. The van der Waals surface area contributed by atoms with Crippen LogP contribution >= 0.6 is 35.0 Å². The third kappa shape index (κ3) is 3.93. The van der Waals surface area contributed by atoms with E-state index in [2.05, 4.69) is 33.5 Å². The summed E-state index contributed by atoms with van der Waals surface area (Å²) in [4.78, 5) is 0. The molecule has 0 N–H and O–H groups in total. The lowest BCUT2D eigenvalue weighted by Gasteiger charge is -2.18. The summed E-state index contributed by atoms with van der Waals surface area (Å²) in [5.41, 5.74) is 2.23. The predicted octanol–water partition coefficient (Wildman–Crippen LogP) is 6.16. The zero-order chi connectivity index (χ0) is 18.9. The second-order valence-corrected chi connectivity index (χ2v) is 9.24. The van der Waals surface area contributed by atoms with Gasteiger partial charge in [0.1, 0.15) is 4.33 Å². The van der Waals surface area contributed by atoms with Gasteiger partial charge in [-0.15, -0.1) is 40.0 Å². The Bertz CT molecular complexity index is 925. The van der Waals surface area contributed by atoms with Crippen molar-refractivity contribution in [1.29, 1.82) is 0 Å². The Balaban J connectivity index is 1.70. The van der Waals surface area contributed by atoms with Crippen LogP contribution in [0, 0.1) is 5.92 Å². The van der Waals surface area contributed by atoms with Gasteiger partial charge in [0.05, 0.1) is 0 Å². The van der Waals surface area contributed by atoms with Gasteiger partial charge in [0.25, 0.3) is 0 Å². The van der Waals surface area contributed by atoms with Crippen LogP contribution in [-0.2, 0) is 6.54 Å². The number of nitrogens with zero attached hydrogens (tertiary/aromatic N) is 3. The quantitative estimate of drug-likeness (QED) is 0.263. The molecule has 3 aromatic rings. The molecule has 1 saturated carbocycles. The smallest absolute Gasteiger partial charge is 0.192 e. The number of halogens is 2. The number of allylic oxidation sites excluding steroid dienone is 1. The number of alkyl halides is 2. The van der Waals surface area contributed by atoms with Crippen molar-refractivity contribution in [2.45, 2.75) is 27.7 Å². The molecule has 0 saturated heterocycles. The van der Waals surface area contributed by atoms with Crippen LogP contribution in [0.5, 0.6) is 0 Å². The Morgan fingerprint density at radius 1 is 1.11 bits per heavy atom. The lowest BCUT2D eigenvalue weighted by Crippen LogP contribution is -2.06. The standard InChI is InChI=1S/C21H19Cl2N3S/c1-2-13-26-19(16-11-7-4-8-12-16)24-25-20(26)27-18(17-14-21(17,22)23)15-9-5-3-6-10-15/h2-12,17-18H,1,13-14H2. The van der Waals surface area contributed by atoms with Gasteiger partial charge in [-0.3, -0.25) is 4.57 Å². The predicted molar refractivity (Wildman–Crippen MR) is 113 cm³/mol. The second kappa shape index (κ2) is 7.70. The molecule has 0 amide bonds. The van der Waals surface area contributed by atoms with Gasteiger partial charge >= 0.3 is 0 Å². The topological polar surface area (TPSA) is 30.7 Å². The second-order valence-electron chi connectivity index (χ2n) is 6.59. The summed E-state index contributed by atoms with van der Waals surface area (Å²) in [6.45, 7) is 4.53. The van der Waals surface area contributed by atoms with Gasteiger partial charge in [-0.25, -0.2) is 0 Å². The molecule has 6 heteroatoms. The van der Waals surface area contributed by atoms with E-state index in [1.54, 1.807) is 11.8 Å². The number of hydrogen-bond donors (Lipinski definition) is 0. The summed E-state index contributed by atoms with van der Waals surface area (Å²) in [5.74, 6) is 1.02. The summed E-state index contributed by atoms with van der Waals surface area (Å²) in [5, 5.41) is 9.89. The van der Waals surface area contributed by atoms with E-state index in [9.17, 15) is 0 Å². The number of benzene rings is 2. The van der Waals surface area contributed by atoms with E-state index in [4.69, 9.17) is 23.2 Å². The first-order valence-corrected chi connectivity index (χ1v) is 10.4. The lowest BCUT2D eigenvalue weighted by molar-refractivity contribution is 0.718. The molecule has 0 spiro atoms. The summed E-state index contributed by atoms with van der Waals surface area (Å²) >= 11 is 14.5. The van der Waals surface area contributed by atoms with E-state index in [0.29, 0.717) is 6.54 Å². The highest BCUT2D eigenvalue weighted by atomic mass is 35.5. The van der Waals surface area contributed by atoms with Crippen molar-refractivity contribution < 1.29 is 0 Å². The monoisotopic (exact) mass is 415 g/mol. The number of aromatic nitrogens is 3. The van der Waals surface area contributed by atoms with Crippen molar-refractivity contribution in [2.24, 2.45) is 5.92 Å². The van der Waals surface area contributed by atoms with Gasteiger partial charge in [-0.2, -0.15) is 0 Å². The Hall–Kier alpha value is -1.75. The van der Waals surface area contributed by atoms with Gasteiger partial charge in [0.2, 0.25) is 0 Å². The first-order chi connectivity index (χ1) is 13.1. The molecule has 2 atom stereocenters. The molecule has 0 radical (unpaired) electrons. The molecule has 2 aromatic carbocycles. The first-order valence-electron chi connectivity index (χ1n) is 8.79. The fraction of sp³-hybridized carbons (Fsp3) is 0.238. The minimum absolute atomic E-state index is 0.123. The molecule has 4 rings (SSSR count). The third-order valence-corrected chi connectivity index (χ3v) is 6.90. The molecule has 1 aromatic heterocycles. The van der Waals surface area contributed by atoms with Crippen molar-refractivity contribution >= 4 is 35.0 Å². The van der Waals surface area contributed by atoms with Crippen molar-refractivity contribution in [3.05, 3.63) is 78.9 Å². The van der Waals surface area contributed by atoms with Gasteiger partial charge in [0, 0.05) is 23.3 Å². The molecule has 1 aliphatic rings. The zero-order valence-corrected chi connectivity index (χ0v) is 17.0. The molecular formula is C21H19Cl2N3S. The largest absolute Gasteiger partial charge is 0.298 e. The van der Waals surface area contributed by atoms with E-state index < -0.39 is 4.33 Å².